The van der Waals surface area contributed by atoms with Crippen LogP contribution in [-0.2, 0) is 4.74 Å². The highest BCUT2D eigenvalue weighted by molar-refractivity contribution is 5.87. The maximum Gasteiger partial charge on any atom is 0.190 e. The molecule has 0 atom stereocenters. The molecule has 2 aromatic rings. The minimum atomic E-state index is -0.802. The maximum absolute atomic E-state index is 15.1. The molecule has 6 heteroatoms. The summed E-state index contributed by atoms with van der Waals surface area (Å²) < 4.78 is 20.1. The Morgan fingerprint density at radius 1 is 1.31 bits per heavy atom. The van der Waals surface area contributed by atoms with Crippen LogP contribution in [0.1, 0.15) is 11.3 Å². The van der Waals surface area contributed by atoms with Crippen LogP contribution >= 0.6 is 0 Å². The number of hydrogen-bond acceptors (Lipinski definition) is 4. The Bertz CT molecular complexity index is 1090. The summed E-state index contributed by atoms with van der Waals surface area (Å²) in [6.07, 6.45) is 4.64. The van der Waals surface area contributed by atoms with Gasteiger partial charge in [-0.1, -0.05) is 31.4 Å². The van der Waals surface area contributed by atoms with E-state index in [0.717, 1.165) is 0 Å². The summed E-state index contributed by atoms with van der Waals surface area (Å²) in [5.74, 6) is -1.01. The van der Waals surface area contributed by atoms with Gasteiger partial charge in [0.25, 0.3) is 0 Å². The van der Waals surface area contributed by atoms with Crippen LogP contribution in [0.5, 0.6) is 0 Å². The van der Waals surface area contributed by atoms with Crippen molar-refractivity contribution in [3.05, 3.63) is 82.5 Å². The van der Waals surface area contributed by atoms with Crippen LogP contribution in [0.25, 0.3) is 22.2 Å². The lowest BCUT2D eigenvalue weighted by Crippen LogP contribution is -2.07. The number of halogens is 1. The van der Waals surface area contributed by atoms with Gasteiger partial charge in [-0.05, 0) is 17.7 Å². The molecule has 0 aliphatic rings. The standard InChI is InChI=1S/C20H14FN3O2/c1-4-6-12(5-2)16-9-17(25)14-7-8-15(18(21)19(14)24-16)20(26-3)13(10-22)11-23/h4-9H,1-2H2,3H3,(H,24,25)/b12-6+. The summed E-state index contributed by atoms with van der Waals surface area (Å²) in [6.45, 7) is 7.25. The predicted octanol–water partition coefficient (Wildman–Crippen LogP) is 3.83. The van der Waals surface area contributed by atoms with Crippen LogP contribution in [0.15, 0.2) is 60.0 Å². The molecule has 0 saturated heterocycles. The third kappa shape index (κ3) is 3.17. The molecule has 0 unspecified atom stereocenters. The van der Waals surface area contributed by atoms with Gasteiger partial charge in [-0.3, -0.25) is 4.79 Å². The number of methoxy groups -OCH3 is 1. The van der Waals surface area contributed by atoms with Crippen LogP contribution in [0.3, 0.4) is 0 Å². The van der Waals surface area contributed by atoms with Crippen molar-refractivity contribution in [3.8, 4) is 12.1 Å². The van der Waals surface area contributed by atoms with E-state index in [1.807, 2.05) is 0 Å². The Balaban J connectivity index is 2.90. The number of allylic oxidation sites excluding steroid dienone is 5. The number of aromatic nitrogens is 1. The summed E-state index contributed by atoms with van der Waals surface area (Å²) in [7, 11) is 1.23. The summed E-state index contributed by atoms with van der Waals surface area (Å²) in [4.78, 5) is 15.2. The van der Waals surface area contributed by atoms with E-state index in [1.165, 1.54) is 37.5 Å². The van der Waals surface area contributed by atoms with Gasteiger partial charge in [0, 0.05) is 17.1 Å². The molecule has 0 bridgehead atoms. The Kier molecular flexibility index (Phi) is 5.52. The molecule has 128 valence electrons. The highest BCUT2D eigenvalue weighted by Crippen LogP contribution is 2.27. The number of hydrogen-bond donors (Lipinski definition) is 1. The zero-order valence-corrected chi connectivity index (χ0v) is 14.0. The molecule has 2 rings (SSSR count). The molecule has 1 N–H and O–H groups in total. The van der Waals surface area contributed by atoms with Gasteiger partial charge in [0.2, 0.25) is 0 Å². The van der Waals surface area contributed by atoms with Crippen molar-refractivity contribution >= 4 is 22.2 Å². The molecule has 0 radical (unpaired) electrons. The van der Waals surface area contributed by atoms with E-state index >= 15 is 4.39 Å². The highest BCUT2D eigenvalue weighted by Gasteiger charge is 2.18. The van der Waals surface area contributed by atoms with Crippen LogP contribution in [0.2, 0.25) is 0 Å². The minimum absolute atomic E-state index is 0.0633. The Morgan fingerprint density at radius 3 is 2.54 bits per heavy atom. The number of nitrogens with zero attached hydrogens (tertiary/aromatic N) is 2. The smallest absolute Gasteiger partial charge is 0.190 e. The maximum atomic E-state index is 15.1. The van der Waals surface area contributed by atoms with Gasteiger partial charge in [-0.15, -0.1) is 0 Å². The molecule has 26 heavy (non-hydrogen) atoms. The van der Waals surface area contributed by atoms with Crippen molar-refractivity contribution in [2.45, 2.75) is 0 Å². The second kappa shape index (κ2) is 7.78. The fourth-order valence-electron chi connectivity index (χ4n) is 2.48. The molecule has 0 aliphatic heterocycles. The second-order valence-electron chi connectivity index (χ2n) is 5.09. The molecule has 1 aromatic carbocycles. The summed E-state index contributed by atoms with van der Waals surface area (Å²) in [6, 6.07) is 7.37. The zero-order valence-electron chi connectivity index (χ0n) is 14.0. The van der Waals surface area contributed by atoms with Crippen molar-refractivity contribution in [2.75, 3.05) is 7.11 Å². The summed E-state index contributed by atoms with van der Waals surface area (Å²) in [5, 5.41) is 18.2. The molecule has 0 spiro atoms. The second-order valence-corrected chi connectivity index (χ2v) is 5.09. The first-order chi connectivity index (χ1) is 12.5. The van der Waals surface area contributed by atoms with Crippen LogP contribution in [0, 0.1) is 28.5 Å². The molecular formula is C20H14FN3O2. The molecule has 5 nitrogen and oxygen atoms in total. The molecular weight excluding hydrogens is 333 g/mol. The number of ether oxygens (including phenoxy) is 1. The zero-order chi connectivity index (χ0) is 19.3. The van der Waals surface area contributed by atoms with Gasteiger partial charge in [0.05, 0.1) is 18.2 Å². The Labute approximate surface area is 149 Å². The first-order valence-electron chi connectivity index (χ1n) is 7.42. The molecule has 0 aliphatic carbocycles. The summed E-state index contributed by atoms with van der Waals surface area (Å²) >= 11 is 0. The molecule has 0 saturated carbocycles. The lowest BCUT2D eigenvalue weighted by molar-refractivity contribution is 0.366. The number of fused-ring (bicyclic) bond motifs is 1. The van der Waals surface area contributed by atoms with E-state index in [1.54, 1.807) is 18.2 Å². The number of pyridine rings is 1. The topological polar surface area (TPSA) is 89.7 Å². The summed E-state index contributed by atoms with van der Waals surface area (Å²) in [5.41, 5.74) is -0.00841. The number of nitrogens with one attached hydrogen (secondary N) is 1. The molecule has 0 amide bonds. The van der Waals surface area contributed by atoms with Gasteiger partial charge in [0.1, 0.15) is 12.1 Å². The van der Waals surface area contributed by atoms with E-state index in [9.17, 15) is 4.79 Å². The number of benzene rings is 1. The van der Waals surface area contributed by atoms with Crippen molar-refractivity contribution in [1.29, 1.82) is 10.5 Å². The molecule has 0 fully saturated rings. The fraction of sp³-hybridized carbons (Fsp3) is 0.0500. The number of rotatable bonds is 5. The Morgan fingerprint density at radius 2 is 2.00 bits per heavy atom. The van der Waals surface area contributed by atoms with Gasteiger partial charge in [-0.2, -0.15) is 10.5 Å². The Hall–Kier alpha value is -3.90. The van der Waals surface area contributed by atoms with Gasteiger partial charge in [-0.25, -0.2) is 4.39 Å². The fourth-order valence-corrected chi connectivity index (χ4v) is 2.48. The monoisotopic (exact) mass is 347 g/mol. The lowest BCUT2D eigenvalue weighted by atomic mass is 10.0. The quantitative estimate of drug-likeness (QED) is 0.506. The largest absolute Gasteiger partial charge is 0.494 e. The van der Waals surface area contributed by atoms with E-state index in [0.29, 0.717) is 11.3 Å². The van der Waals surface area contributed by atoms with Crippen LogP contribution < -0.4 is 5.43 Å². The van der Waals surface area contributed by atoms with E-state index < -0.39 is 5.82 Å². The normalized spacial score (nSPS) is 10.5. The van der Waals surface area contributed by atoms with Crippen molar-refractivity contribution in [2.24, 2.45) is 0 Å². The number of nitriles is 2. The molecule has 1 aromatic heterocycles. The van der Waals surface area contributed by atoms with E-state index in [-0.39, 0.29) is 33.2 Å². The highest BCUT2D eigenvalue weighted by atomic mass is 19.1. The first-order valence-corrected chi connectivity index (χ1v) is 7.42. The lowest BCUT2D eigenvalue weighted by Gasteiger charge is -2.11. The van der Waals surface area contributed by atoms with E-state index in [2.05, 4.69) is 18.1 Å². The number of H-pyrrole nitrogens is 1. The van der Waals surface area contributed by atoms with Crippen LogP contribution in [0.4, 0.5) is 4.39 Å². The SMILES string of the molecule is C=C/C=C(\C=C)c1cc(=O)c2ccc(C(OC)=C(C#N)C#N)c(F)c2[nH]1. The van der Waals surface area contributed by atoms with E-state index in [4.69, 9.17) is 15.3 Å². The minimum Gasteiger partial charge on any atom is -0.494 e. The average Bonchev–Trinajstić information content (AvgIpc) is 2.65. The van der Waals surface area contributed by atoms with Crippen molar-refractivity contribution in [3.63, 3.8) is 0 Å². The molecule has 1 heterocycles. The van der Waals surface area contributed by atoms with Gasteiger partial charge < -0.3 is 9.72 Å². The third-order valence-corrected chi connectivity index (χ3v) is 3.67. The average molecular weight is 347 g/mol. The van der Waals surface area contributed by atoms with Gasteiger partial charge in [0.15, 0.2) is 22.6 Å². The first kappa shape index (κ1) is 18.4. The van der Waals surface area contributed by atoms with Crippen molar-refractivity contribution in [1.82, 2.24) is 4.98 Å². The third-order valence-electron chi connectivity index (χ3n) is 3.67. The number of aromatic amines is 1. The van der Waals surface area contributed by atoms with Crippen molar-refractivity contribution < 1.29 is 9.13 Å². The predicted molar refractivity (Wildman–Crippen MR) is 98.1 cm³/mol. The van der Waals surface area contributed by atoms with Crippen LogP contribution in [-0.4, -0.2) is 12.1 Å². The van der Waals surface area contributed by atoms with Gasteiger partial charge >= 0.3 is 0 Å².